The molecule has 0 N–H and O–H groups in total. The molecule has 0 fully saturated rings. The van der Waals surface area contributed by atoms with E-state index in [1.165, 1.54) is 18.2 Å². The Kier molecular flexibility index (Phi) is 4.40. The minimum atomic E-state index is -0.337. The molecule has 4 heteroatoms. The number of halogens is 2. The fraction of sp³-hybridized carbons (Fsp3) is 0.188. The van der Waals surface area contributed by atoms with E-state index in [-0.39, 0.29) is 11.7 Å². The predicted molar refractivity (Wildman–Crippen MR) is 78.4 cm³/mol. The van der Waals surface area contributed by atoms with Crippen molar-refractivity contribution >= 4 is 17.5 Å². The zero-order valence-corrected chi connectivity index (χ0v) is 12.1. The summed E-state index contributed by atoms with van der Waals surface area (Å²) < 4.78 is 13.1. The summed E-state index contributed by atoms with van der Waals surface area (Å²) >= 11 is 5.92. The van der Waals surface area contributed by atoms with Gasteiger partial charge in [0.05, 0.1) is 0 Å². The first kappa shape index (κ1) is 14.5. The third-order valence-corrected chi connectivity index (χ3v) is 3.31. The van der Waals surface area contributed by atoms with Gasteiger partial charge in [0.15, 0.2) is 0 Å². The Bertz CT molecular complexity index is 642. The molecule has 0 saturated heterocycles. The van der Waals surface area contributed by atoms with Crippen molar-refractivity contribution in [2.24, 2.45) is 0 Å². The summed E-state index contributed by atoms with van der Waals surface area (Å²) in [4.78, 5) is 13.9. The van der Waals surface area contributed by atoms with Gasteiger partial charge in [-0.15, -0.1) is 0 Å². The number of hydrogen-bond donors (Lipinski definition) is 0. The second-order valence-electron chi connectivity index (χ2n) is 4.75. The molecule has 0 aliphatic carbocycles. The predicted octanol–water partition coefficient (Wildman–Crippen LogP) is 4.06. The molecule has 0 aliphatic rings. The first-order valence-electron chi connectivity index (χ1n) is 6.23. The molecule has 2 nitrogen and oxygen atoms in total. The van der Waals surface area contributed by atoms with Gasteiger partial charge in [-0.05, 0) is 48.4 Å². The van der Waals surface area contributed by atoms with Crippen molar-refractivity contribution in [1.29, 1.82) is 0 Å². The lowest BCUT2D eigenvalue weighted by molar-refractivity contribution is 0.0784. The van der Waals surface area contributed by atoms with Crippen LogP contribution in [0.25, 0.3) is 0 Å². The van der Waals surface area contributed by atoms with Crippen LogP contribution in [0.15, 0.2) is 42.5 Å². The quantitative estimate of drug-likeness (QED) is 0.835. The largest absolute Gasteiger partial charge is 0.337 e. The van der Waals surface area contributed by atoms with Gasteiger partial charge in [-0.1, -0.05) is 23.7 Å². The van der Waals surface area contributed by atoms with Crippen LogP contribution in [0, 0.1) is 12.7 Å². The van der Waals surface area contributed by atoms with Gasteiger partial charge in [-0.2, -0.15) is 0 Å². The molecule has 0 radical (unpaired) electrons. The van der Waals surface area contributed by atoms with Crippen LogP contribution in [0.1, 0.15) is 21.5 Å². The first-order chi connectivity index (χ1) is 9.47. The third-order valence-electron chi connectivity index (χ3n) is 3.07. The van der Waals surface area contributed by atoms with Crippen LogP contribution >= 0.6 is 11.6 Å². The van der Waals surface area contributed by atoms with Crippen LogP contribution in [0.5, 0.6) is 0 Å². The Morgan fingerprint density at radius 2 is 2.00 bits per heavy atom. The van der Waals surface area contributed by atoms with Gasteiger partial charge in [0.1, 0.15) is 5.82 Å². The minimum Gasteiger partial charge on any atom is -0.337 e. The lowest BCUT2D eigenvalue weighted by Crippen LogP contribution is -2.26. The first-order valence-corrected chi connectivity index (χ1v) is 6.61. The Labute approximate surface area is 122 Å². The second-order valence-corrected chi connectivity index (χ2v) is 5.19. The van der Waals surface area contributed by atoms with Crippen LogP contribution in [-0.2, 0) is 6.54 Å². The van der Waals surface area contributed by atoms with E-state index in [0.29, 0.717) is 22.7 Å². The molecule has 0 aromatic heterocycles. The van der Waals surface area contributed by atoms with Gasteiger partial charge in [0, 0.05) is 24.2 Å². The second kappa shape index (κ2) is 6.06. The highest BCUT2D eigenvalue weighted by molar-refractivity contribution is 6.30. The molecule has 2 rings (SSSR count). The Balaban J connectivity index is 2.16. The molecular formula is C16H15ClFNO. The molecule has 20 heavy (non-hydrogen) atoms. The summed E-state index contributed by atoms with van der Waals surface area (Å²) in [6, 6.07) is 11.5. The number of benzene rings is 2. The number of carbonyl (C=O) groups excluding carboxylic acids is 1. The normalized spacial score (nSPS) is 10.4. The summed E-state index contributed by atoms with van der Waals surface area (Å²) in [7, 11) is 1.71. The van der Waals surface area contributed by atoms with E-state index in [2.05, 4.69) is 0 Å². The molecule has 0 spiro atoms. The Hall–Kier alpha value is -1.87. The molecule has 0 saturated carbocycles. The molecule has 2 aromatic rings. The standard InChI is InChI=1S/C16H15ClFNO/c1-11-8-14(18)6-7-15(11)16(20)19(2)10-12-4-3-5-13(17)9-12/h3-9H,10H2,1-2H3. The monoisotopic (exact) mass is 291 g/mol. The van der Waals surface area contributed by atoms with Gasteiger partial charge >= 0.3 is 0 Å². The van der Waals surface area contributed by atoms with E-state index in [9.17, 15) is 9.18 Å². The highest BCUT2D eigenvalue weighted by Crippen LogP contribution is 2.16. The number of carbonyl (C=O) groups is 1. The number of rotatable bonds is 3. The van der Waals surface area contributed by atoms with E-state index in [1.54, 1.807) is 24.9 Å². The summed E-state index contributed by atoms with van der Waals surface area (Å²) in [6.07, 6.45) is 0. The van der Waals surface area contributed by atoms with Crippen LogP contribution in [0.3, 0.4) is 0 Å². The molecule has 0 atom stereocenters. The van der Waals surface area contributed by atoms with Crippen molar-refractivity contribution in [3.63, 3.8) is 0 Å². The third kappa shape index (κ3) is 3.36. The van der Waals surface area contributed by atoms with Crippen molar-refractivity contribution < 1.29 is 9.18 Å². The SMILES string of the molecule is Cc1cc(F)ccc1C(=O)N(C)Cc1cccc(Cl)c1. The van der Waals surface area contributed by atoms with Gasteiger partial charge in [-0.25, -0.2) is 4.39 Å². The van der Waals surface area contributed by atoms with Crippen molar-refractivity contribution in [3.05, 3.63) is 70.0 Å². The summed E-state index contributed by atoms with van der Waals surface area (Å²) in [5.41, 5.74) is 2.09. The fourth-order valence-corrected chi connectivity index (χ4v) is 2.27. The Morgan fingerprint density at radius 3 is 2.65 bits per heavy atom. The number of nitrogens with zero attached hydrogens (tertiary/aromatic N) is 1. The average Bonchev–Trinajstić information content (AvgIpc) is 2.38. The van der Waals surface area contributed by atoms with Gasteiger partial charge in [0.25, 0.3) is 5.91 Å². The maximum atomic E-state index is 13.1. The topological polar surface area (TPSA) is 20.3 Å². The molecule has 0 aliphatic heterocycles. The minimum absolute atomic E-state index is 0.137. The van der Waals surface area contributed by atoms with Gasteiger partial charge in [-0.3, -0.25) is 4.79 Å². The molecule has 104 valence electrons. The zero-order valence-electron chi connectivity index (χ0n) is 11.4. The summed E-state index contributed by atoms with van der Waals surface area (Å²) in [6.45, 7) is 2.18. The number of aryl methyl sites for hydroxylation is 1. The molecule has 1 amide bonds. The van der Waals surface area contributed by atoms with Crippen LogP contribution in [-0.4, -0.2) is 17.9 Å². The fourth-order valence-electron chi connectivity index (χ4n) is 2.05. The molecule has 2 aromatic carbocycles. The molecule has 0 heterocycles. The van der Waals surface area contributed by atoms with Crippen LogP contribution in [0.4, 0.5) is 4.39 Å². The number of amides is 1. The van der Waals surface area contributed by atoms with E-state index in [0.717, 1.165) is 5.56 Å². The van der Waals surface area contributed by atoms with Crippen molar-refractivity contribution in [2.45, 2.75) is 13.5 Å². The molecule has 0 unspecified atom stereocenters. The van der Waals surface area contributed by atoms with Crippen molar-refractivity contribution in [2.75, 3.05) is 7.05 Å². The maximum absolute atomic E-state index is 13.1. The van der Waals surface area contributed by atoms with Crippen LogP contribution < -0.4 is 0 Å². The summed E-state index contributed by atoms with van der Waals surface area (Å²) in [5.74, 6) is -0.473. The maximum Gasteiger partial charge on any atom is 0.254 e. The Morgan fingerprint density at radius 1 is 1.25 bits per heavy atom. The van der Waals surface area contributed by atoms with E-state index >= 15 is 0 Å². The smallest absolute Gasteiger partial charge is 0.254 e. The molecular weight excluding hydrogens is 277 g/mol. The molecule has 0 bridgehead atoms. The van der Waals surface area contributed by atoms with Crippen molar-refractivity contribution in [3.8, 4) is 0 Å². The zero-order chi connectivity index (χ0) is 14.7. The van der Waals surface area contributed by atoms with Crippen LogP contribution in [0.2, 0.25) is 5.02 Å². The highest BCUT2D eigenvalue weighted by atomic mass is 35.5. The van der Waals surface area contributed by atoms with Gasteiger partial charge < -0.3 is 4.90 Å². The lowest BCUT2D eigenvalue weighted by atomic mass is 10.1. The van der Waals surface area contributed by atoms with Gasteiger partial charge in [0.2, 0.25) is 0 Å². The van der Waals surface area contributed by atoms with Crippen molar-refractivity contribution in [1.82, 2.24) is 4.90 Å². The number of hydrogen-bond acceptors (Lipinski definition) is 1. The highest BCUT2D eigenvalue weighted by Gasteiger charge is 2.14. The average molecular weight is 292 g/mol. The lowest BCUT2D eigenvalue weighted by Gasteiger charge is -2.18. The van der Waals surface area contributed by atoms with E-state index in [1.807, 2.05) is 18.2 Å². The summed E-state index contributed by atoms with van der Waals surface area (Å²) in [5, 5.41) is 0.640. The van der Waals surface area contributed by atoms with E-state index < -0.39 is 0 Å². The van der Waals surface area contributed by atoms with E-state index in [4.69, 9.17) is 11.6 Å².